The molecule has 1 aromatic heterocycles. The summed E-state index contributed by atoms with van der Waals surface area (Å²) in [6, 6.07) is 2.24. The maximum Gasteiger partial charge on any atom is 0.0573 e. The fourth-order valence-electron chi connectivity index (χ4n) is 2.95. The van der Waals surface area contributed by atoms with Gasteiger partial charge in [0.15, 0.2) is 0 Å². The van der Waals surface area contributed by atoms with E-state index < -0.39 is 0 Å². The van der Waals surface area contributed by atoms with Crippen molar-refractivity contribution in [2.24, 2.45) is 5.41 Å². The molecule has 1 N–H and O–H groups in total. The quantitative estimate of drug-likeness (QED) is 0.841. The van der Waals surface area contributed by atoms with Crippen molar-refractivity contribution in [1.82, 2.24) is 4.98 Å². The van der Waals surface area contributed by atoms with Gasteiger partial charge in [0.2, 0.25) is 0 Å². The standard InChI is InChI=1S/C16H27N3/c1-4-8-18-14-10-15(12-17-11-14)19-9-7-16(5-2,6-3)13-19/h10-12,18H,4-9,13H2,1-3H3. The average molecular weight is 261 g/mol. The molecule has 3 heteroatoms. The van der Waals surface area contributed by atoms with Gasteiger partial charge in [-0.2, -0.15) is 0 Å². The van der Waals surface area contributed by atoms with Crippen molar-refractivity contribution in [2.45, 2.75) is 46.5 Å². The van der Waals surface area contributed by atoms with E-state index >= 15 is 0 Å². The Morgan fingerprint density at radius 1 is 1.26 bits per heavy atom. The van der Waals surface area contributed by atoms with Crippen molar-refractivity contribution >= 4 is 11.4 Å². The second-order valence-electron chi connectivity index (χ2n) is 5.74. The molecule has 19 heavy (non-hydrogen) atoms. The van der Waals surface area contributed by atoms with Gasteiger partial charge in [0, 0.05) is 19.6 Å². The van der Waals surface area contributed by atoms with E-state index in [0.29, 0.717) is 5.41 Å². The second-order valence-corrected chi connectivity index (χ2v) is 5.74. The molecule has 0 unspecified atom stereocenters. The van der Waals surface area contributed by atoms with Crippen molar-refractivity contribution in [3.05, 3.63) is 18.5 Å². The smallest absolute Gasteiger partial charge is 0.0573 e. The van der Waals surface area contributed by atoms with Crippen LogP contribution in [0, 0.1) is 5.41 Å². The summed E-state index contributed by atoms with van der Waals surface area (Å²) in [5.74, 6) is 0. The third-order valence-corrected chi connectivity index (χ3v) is 4.61. The van der Waals surface area contributed by atoms with Crippen LogP contribution in [0.1, 0.15) is 46.5 Å². The first-order chi connectivity index (χ1) is 9.23. The van der Waals surface area contributed by atoms with Crippen LogP contribution in [0.25, 0.3) is 0 Å². The number of nitrogens with zero attached hydrogens (tertiary/aromatic N) is 2. The number of anilines is 2. The van der Waals surface area contributed by atoms with E-state index in [2.05, 4.69) is 42.0 Å². The molecule has 0 amide bonds. The lowest BCUT2D eigenvalue weighted by Crippen LogP contribution is -2.26. The molecule has 3 nitrogen and oxygen atoms in total. The highest BCUT2D eigenvalue weighted by Gasteiger charge is 2.35. The topological polar surface area (TPSA) is 28.2 Å². The summed E-state index contributed by atoms with van der Waals surface area (Å²) in [6.07, 6.45) is 8.93. The van der Waals surface area contributed by atoms with Crippen molar-refractivity contribution in [3.63, 3.8) is 0 Å². The molecule has 1 aromatic rings. The van der Waals surface area contributed by atoms with Crippen LogP contribution in [0.15, 0.2) is 18.5 Å². The second kappa shape index (κ2) is 6.27. The Morgan fingerprint density at radius 3 is 2.68 bits per heavy atom. The molecular weight excluding hydrogens is 234 g/mol. The normalized spacial score (nSPS) is 17.7. The Kier molecular flexibility index (Phi) is 4.67. The maximum atomic E-state index is 4.38. The van der Waals surface area contributed by atoms with Crippen LogP contribution in [0.3, 0.4) is 0 Å². The van der Waals surface area contributed by atoms with Crippen LogP contribution in [-0.4, -0.2) is 24.6 Å². The van der Waals surface area contributed by atoms with Gasteiger partial charge in [0.1, 0.15) is 0 Å². The van der Waals surface area contributed by atoms with Crippen LogP contribution < -0.4 is 10.2 Å². The minimum atomic E-state index is 0.521. The molecule has 0 aliphatic carbocycles. The van der Waals surface area contributed by atoms with E-state index in [9.17, 15) is 0 Å². The lowest BCUT2D eigenvalue weighted by atomic mass is 9.82. The monoisotopic (exact) mass is 261 g/mol. The molecule has 0 aromatic carbocycles. The fraction of sp³-hybridized carbons (Fsp3) is 0.688. The largest absolute Gasteiger partial charge is 0.384 e. The Morgan fingerprint density at radius 2 is 2.05 bits per heavy atom. The Bertz CT molecular complexity index is 399. The third kappa shape index (κ3) is 3.20. The lowest BCUT2D eigenvalue weighted by molar-refractivity contribution is 0.301. The molecule has 0 spiro atoms. The molecule has 1 fully saturated rings. The summed E-state index contributed by atoms with van der Waals surface area (Å²) < 4.78 is 0. The minimum absolute atomic E-state index is 0.521. The predicted octanol–water partition coefficient (Wildman–Crippen LogP) is 3.92. The summed E-state index contributed by atoms with van der Waals surface area (Å²) in [4.78, 5) is 6.87. The first-order valence-corrected chi connectivity index (χ1v) is 7.67. The predicted molar refractivity (Wildman–Crippen MR) is 82.9 cm³/mol. The summed E-state index contributed by atoms with van der Waals surface area (Å²) >= 11 is 0. The Labute approximate surface area is 117 Å². The number of hydrogen-bond donors (Lipinski definition) is 1. The fourth-order valence-corrected chi connectivity index (χ4v) is 2.95. The lowest BCUT2D eigenvalue weighted by Gasteiger charge is -2.27. The SMILES string of the molecule is CCCNc1cncc(N2CCC(CC)(CC)C2)c1. The van der Waals surface area contributed by atoms with Gasteiger partial charge in [0.05, 0.1) is 23.8 Å². The van der Waals surface area contributed by atoms with Crippen molar-refractivity contribution in [2.75, 3.05) is 29.9 Å². The van der Waals surface area contributed by atoms with E-state index in [0.717, 1.165) is 18.7 Å². The maximum absolute atomic E-state index is 4.38. The van der Waals surface area contributed by atoms with Gasteiger partial charge in [-0.1, -0.05) is 20.8 Å². The van der Waals surface area contributed by atoms with Crippen molar-refractivity contribution in [1.29, 1.82) is 0 Å². The molecule has 1 aliphatic heterocycles. The highest BCUT2D eigenvalue weighted by molar-refractivity contribution is 5.56. The Balaban J connectivity index is 2.06. The number of pyridine rings is 1. The van der Waals surface area contributed by atoms with Crippen molar-refractivity contribution < 1.29 is 0 Å². The zero-order valence-corrected chi connectivity index (χ0v) is 12.6. The highest BCUT2D eigenvalue weighted by Crippen LogP contribution is 2.39. The summed E-state index contributed by atoms with van der Waals surface area (Å²) in [5, 5.41) is 3.42. The molecule has 0 saturated carbocycles. The molecule has 1 aliphatic rings. The molecule has 2 heterocycles. The molecule has 0 atom stereocenters. The molecule has 1 saturated heterocycles. The number of aromatic nitrogens is 1. The van der Waals surface area contributed by atoms with Crippen LogP contribution >= 0.6 is 0 Å². The summed E-state index contributed by atoms with van der Waals surface area (Å²) in [7, 11) is 0. The summed E-state index contributed by atoms with van der Waals surface area (Å²) in [5.41, 5.74) is 2.93. The van der Waals surface area contributed by atoms with Gasteiger partial charge in [-0.05, 0) is 37.2 Å². The number of rotatable bonds is 6. The van der Waals surface area contributed by atoms with Crippen LogP contribution in [0.5, 0.6) is 0 Å². The van der Waals surface area contributed by atoms with Gasteiger partial charge in [-0.3, -0.25) is 4.98 Å². The van der Waals surface area contributed by atoms with Gasteiger partial charge in [-0.15, -0.1) is 0 Å². The molecule has 0 radical (unpaired) electrons. The van der Waals surface area contributed by atoms with E-state index in [1.54, 1.807) is 0 Å². The van der Waals surface area contributed by atoms with E-state index in [-0.39, 0.29) is 0 Å². The summed E-state index contributed by atoms with van der Waals surface area (Å²) in [6.45, 7) is 10.2. The average Bonchev–Trinajstić information content (AvgIpc) is 2.91. The first-order valence-electron chi connectivity index (χ1n) is 7.67. The van der Waals surface area contributed by atoms with Crippen LogP contribution in [0.2, 0.25) is 0 Å². The van der Waals surface area contributed by atoms with Crippen LogP contribution in [0.4, 0.5) is 11.4 Å². The van der Waals surface area contributed by atoms with Crippen LogP contribution in [-0.2, 0) is 0 Å². The highest BCUT2D eigenvalue weighted by atomic mass is 15.2. The third-order valence-electron chi connectivity index (χ3n) is 4.61. The van der Waals surface area contributed by atoms with Crippen molar-refractivity contribution in [3.8, 4) is 0 Å². The minimum Gasteiger partial charge on any atom is -0.384 e. The number of hydrogen-bond acceptors (Lipinski definition) is 3. The van der Waals surface area contributed by atoms with Gasteiger partial charge >= 0.3 is 0 Å². The molecule has 2 rings (SSSR count). The molecule has 106 valence electrons. The zero-order chi connectivity index (χ0) is 13.7. The van der Waals surface area contributed by atoms with Gasteiger partial charge in [0.25, 0.3) is 0 Å². The van der Waals surface area contributed by atoms with E-state index in [1.165, 1.54) is 38.0 Å². The zero-order valence-electron chi connectivity index (χ0n) is 12.6. The van der Waals surface area contributed by atoms with E-state index in [1.807, 2.05) is 12.4 Å². The Hall–Kier alpha value is -1.25. The number of nitrogens with one attached hydrogen (secondary N) is 1. The van der Waals surface area contributed by atoms with Gasteiger partial charge < -0.3 is 10.2 Å². The van der Waals surface area contributed by atoms with E-state index in [4.69, 9.17) is 0 Å². The molecular formula is C16H27N3. The molecule has 0 bridgehead atoms. The first kappa shape index (κ1) is 14.2. The van der Waals surface area contributed by atoms with Gasteiger partial charge in [-0.25, -0.2) is 0 Å².